The summed E-state index contributed by atoms with van der Waals surface area (Å²) in [4.78, 5) is 58.7. The average molecular weight is 1120 g/mol. The predicted octanol–water partition coefficient (Wildman–Crippen LogP) is 14.8. The van der Waals surface area contributed by atoms with Crippen molar-refractivity contribution >= 4 is 23.6 Å². The third-order valence-corrected chi connectivity index (χ3v) is 16.1. The highest BCUT2D eigenvalue weighted by molar-refractivity contribution is 5.77. The van der Waals surface area contributed by atoms with Crippen LogP contribution < -0.4 is 26.6 Å². The molecule has 0 atom stereocenters. The van der Waals surface area contributed by atoms with Gasteiger partial charge in [0.15, 0.2) is 0 Å². The van der Waals surface area contributed by atoms with Crippen molar-refractivity contribution in [3.8, 4) is 0 Å². The Morgan fingerprint density at radius 3 is 0.709 bits per heavy atom. The molecule has 0 aromatic rings. The van der Waals surface area contributed by atoms with Crippen molar-refractivity contribution in [2.45, 2.75) is 310 Å². The summed E-state index contributed by atoms with van der Waals surface area (Å²) in [5.41, 5.74) is 0. The first-order valence-electron chi connectivity index (χ1n) is 34.7. The topological polar surface area (TPSA) is 138 Å². The third kappa shape index (κ3) is 60.1. The van der Waals surface area contributed by atoms with Crippen LogP contribution >= 0.6 is 0 Å². The Labute approximate surface area is 491 Å². The minimum atomic E-state index is 0.102. The van der Waals surface area contributed by atoms with Gasteiger partial charge in [0, 0.05) is 117 Å². The lowest BCUT2D eigenvalue weighted by Crippen LogP contribution is -2.41. The van der Waals surface area contributed by atoms with Crippen LogP contribution in [0, 0.1) is 0 Å². The first-order valence-corrected chi connectivity index (χ1v) is 34.7. The lowest BCUT2D eigenvalue weighted by Gasteiger charge is -2.26. The van der Waals surface area contributed by atoms with Gasteiger partial charge in [-0.05, 0) is 32.7 Å². The summed E-state index contributed by atoms with van der Waals surface area (Å²) in [7, 11) is 2.15. The summed E-state index contributed by atoms with van der Waals surface area (Å²) in [5, 5.41) is 16.3. The van der Waals surface area contributed by atoms with Crippen molar-refractivity contribution < 1.29 is 19.2 Å². The molecule has 0 heterocycles. The molecular formula is C67H136N8O4. The predicted molar refractivity (Wildman–Crippen MR) is 341 cm³/mol. The van der Waals surface area contributed by atoms with E-state index >= 15 is 0 Å². The molecule has 0 aliphatic heterocycles. The molecule has 0 radical (unpaired) electrons. The molecule has 468 valence electrons. The molecule has 0 saturated carbocycles. The Balaban J connectivity index is 4.99. The second-order valence-electron chi connectivity index (χ2n) is 23.9. The second kappa shape index (κ2) is 63.3. The molecule has 0 aromatic heterocycles. The quantitative estimate of drug-likeness (QED) is 0.0380. The maximum atomic E-state index is 13.0. The third-order valence-electron chi connectivity index (χ3n) is 16.1. The number of likely N-dealkylation sites (N-methyl/N-ethyl adjacent to an activating group) is 1. The zero-order chi connectivity index (χ0) is 57.6. The van der Waals surface area contributed by atoms with E-state index in [1.165, 1.54) is 231 Å². The molecule has 0 spiro atoms. The maximum Gasteiger partial charge on any atom is 0.221 e. The fourth-order valence-electron chi connectivity index (χ4n) is 10.5. The first kappa shape index (κ1) is 76.7. The van der Waals surface area contributed by atoms with E-state index in [0.717, 1.165) is 91.1 Å². The lowest BCUT2D eigenvalue weighted by atomic mass is 10.1. The fourth-order valence-corrected chi connectivity index (χ4v) is 10.5. The van der Waals surface area contributed by atoms with Gasteiger partial charge < -0.3 is 41.3 Å². The van der Waals surface area contributed by atoms with Crippen molar-refractivity contribution in [2.75, 3.05) is 98.7 Å². The SMILES string of the molecule is CCCCCCCCCCCCNC(=O)CCN(CCNCCN(C)CCN(CCC(=O)NCCCCCCCCCCCC)CCC(=O)NCCCCCCCCCCCC)CCC(=O)NCCCCCCCCCCCC. The summed E-state index contributed by atoms with van der Waals surface area (Å²) in [5.74, 6) is 0.413. The van der Waals surface area contributed by atoms with Crippen molar-refractivity contribution in [3.63, 3.8) is 0 Å². The molecular weight excluding hydrogens is 981 g/mol. The van der Waals surface area contributed by atoms with Crippen molar-refractivity contribution in [2.24, 2.45) is 0 Å². The summed E-state index contributed by atoms with van der Waals surface area (Å²) in [6.45, 7) is 19.5. The van der Waals surface area contributed by atoms with E-state index in [9.17, 15) is 19.2 Å². The van der Waals surface area contributed by atoms with Gasteiger partial charge in [-0.3, -0.25) is 19.2 Å². The Bertz CT molecular complexity index is 1220. The van der Waals surface area contributed by atoms with E-state index < -0.39 is 0 Å². The largest absolute Gasteiger partial charge is 0.356 e. The van der Waals surface area contributed by atoms with Gasteiger partial charge >= 0.3 is 0 Å². The molecule has 0 unspecified atom stereocenters. The zero-order valence-electron chi connectivity index (χ0n) is 53.5. The highest BCUT2D eigenvalue weighted by atomic mass is 16.2. The standard InChI is InChI=1S/C67H136N8O4/c1-6-10-14-18-22-26-30-34-38-42-50-69-64(76)46-56-74(57-47-65(77)70-51-43-39-35-31-27-23-19-15-11-7-2)61-55-68-54-60-73(5)62-63-75(58-48-66(78)71-52-44-40-36-32-28-24-20-16-12-8-3)59-49-67(79)72-53-45-41-37-33-29-25-21-17-13-9-4/h68H,6-63H2,1-5H3,(H,69,76)(H,70,77)(H,71,78)(H,72,79). The van der Waals surface area contributed by atoms with Crippen LogP contribution in [0.25, 0.3) is 0 Å². The molecule has 5 N–H and O–H groups in total. The molecule has 0 aromatic carbocycles. The number of carbonyl (C=O) groups excluding carboxylic acids is 4. The number of hydrogen-bond donors (Lipinski definition) is 5. The van der Waals surface area contributed by atoms with Gasteiger partial charge in [-0.15, -0.1) is 0 Å². The normalized spacial score (nSPS) is 11.6. The van der Waals surface area contributed by atoms with Crippen LogP contribution in [0.1, 0.15) is 310 Å². The van der Waals surface area contributed by atoms with Gasteiger partial charge in [-0.25, -0.2) is 0 Å². The van der Waals surface area contributed by atoms with Crippen molar-refractivity contribution in [1.29, 1.82) is 0 Å². The molecule has 4 amide bonds. The Morgan fingerprint density at radius 2 is 0.456 bits per heavy atom. The number of nitrogens with zero attached hydrogens (tertiary/aromatic N) is 3. The van der Waals surface area contributed by atoms with Crippen molar-refractivity contribution in [3.05, 3.63) is 0 Å². The molecule has 12 heteroatoms. The maximum absolute atomic E-state index is 13.0. The van der Waals surface area contributed by atoms with Gasteiger partial charge in [0.05, 0.1) is 0 Å². The van der Waals surface area contributed by atoms with Crippen LogP contribution in [0.5, 0.6) is 0 Å². The van der Waals surface area contributed by atoms with Gasteiger partial charge in [0.2, 0.25) is 23.6 Å². The van der Waals surface area contributed by atoms with Gasteiger partial charge in [-0.2, -0.15) is 0 Å². The summed E-state index contributed by atoms with van der Waals surface area (Å²) < 4.78 is 0. The lowest BCUT2D eigenvalue weighted by molar-refractivity contribution is -0.123. The second-order valence-corrected chi connectivity index (χ2v) is 23.9. The highest BCUT2D eigenvalue weighted by Crippen LogP contribution is 2.14. The molecule has 0 saturated heterocycles. The number of amides is 4. The van der Waals surface area contributed by atoms with Gasteiger partial charge in [0.1, 0.15) is 0 Å². The Hall–Kier alpha value is -2.28. The van der Waals surface area contributed by atoms with Crippen LogP contribution in [0.15, 0.2) is 0 Å². The summed E-state index contributed by atoms with van der Waals surface area (Å²) in [6.07, 6.45) is 53.1. The molecule has 12 nitrogen and oxygen atoms in total. The van der Waals surface area contributed by atoms with Crippen LogP contribution in [0.2, 0.25) is 0 Å². The fraction of sp³-hybridized carbons (Fsp3) is 0.940. The van der Waals surface area contributed by atoms with Crippen molar-refractivity contribution in [1.82, 2.24) is 41.3 Å². The highest BCUT2D eigenvalue weighted by Gasteiger charge is 2.14. The minimum Gasteiger partial charge on any atom is -0.356 e. The van der Waals surface area contributed by atoms with E-state index in [-0.39, 0.29) is 23.6 Å². The Morgan fingerprint density at radius 1 is 0.241 bits per heavy atom. The number of nitrogens with one attached hydrogen (secondary N) is 5. The van der Waals surface area contributed by atoms with Crippen LogP contribution in [0.4, 0.5) is 0 Å². The van der Waals surface area contributed by atoms with E-state index in [1.807, 2.05) is 0 Å². The van der Waals surface area contributed by atoms with Gasteiger partial charge in [0.25, 0.3) is 0 Å². The smallest absolute Gasteiger partial charge is 0.221 e. The van der Waals surface area contributed by atoms with E-state index in [2.05, 4.69) is 76.0 Å². The minimum absolute atomic E-state index is 0.102. The van der Waals surface area contributed by atoms with Crippen LogP contribution in [-0.2, 0) is 19.2 Å². The molecule has 0 aliphatic rings. The van der Waals surface area contributed by atoms with Gasteiger partial charge in [-0.1, -0.05) is 259 Å². The molecule has 0 rings (SSSR count). The molecule has 0 fully saturated rings. The van der Waals surface area contributed by atoms with E-state index in [1.54, 1.807) is 0 Å². The number of hydrogen-bond acceptors (Lipinski definition) is 8. The average Bonchev–Trinajstić information content (AvgIpc) is 3.44. The number of rotatable bonds is 65. The van der Waals surface area contributed by atoms with Crippen LogP contribution in [-0.4, -0.2) is 137 Å². The van der Waals surface area contributed by atoms with E-state index in [4.69, 9.17) is 0 Å². The molecule has 79 heavy (non-hydrogen) atoms. The van der Waals surface area contributed by atoms with E-state index in [0.29, 0.717) is 51.9 Å². The first-order chi connectivity index (χ1) is 38.7. The molecule has 0 aliphatic carbocycles. The number of carbonyl (C=O) groups is 4. The molecule has 0 bridgehead atoms. The zero-order valence-corrected chi connectivity index (χ0v) is 53.5. The van der Waals surface area contributed by atoms with Crippen LogP contribution in [0.3, 0.4) is 0 Å². The summed E-state index contributed by atoms with van der Waals surface area (Å²) in [6, 6.07) is 0. The summed E-state index contributed by atoms with van der Waals surface area (Å²) >= 11 is 0. The Kier molecular flexibility index (Phi) is 61.5. The number of unbranched alkanes of at least 4 members (excludes halogenated alkanes) is 36. The monoisotopic (exact) mass is 1120 g/mol.